The minimum absolute atomic E-state index is 0.0161. The fourth-order valence-corrected chi connectivity index (χ4v) is 6.22. The van der Waals surface area contributed by atoms with Crippen LogP contribution in [-0.2, 0) is 15.3 Å². The van der Waals surface area contributed by atoms with Gasteiger partial charge in [0.15, 0.2) is 5.72 Å². The number of hydrogen-bond donors (Lipinski definition) is 1. The van der Waals surface area contributed by atoms with Gasteiger partial charge in [-0.1, -0.05) is 83.0 Å². The predicted molar refractivity (Wildman–Crippen MR) is 157 cm³/mol. The van der Waals surface area contributed by atoms with Gasteiger partial charge in [0.1, 0.15) is 5.82 Å². The molecular formula is C29H29BrCl2FNO4Si. The molecule has 39 heavy (non-hydrogen) atoms. The van der Waals surface area contributed by atoms with E-state index in [1.165, 1.54) is 29.2 Å². The van der Waals surface area contributed by atoms with E-state index in [-0.39, 0.29) is 23.3 Å². The molecule has 3 aromatic rings. The first-order chi connectivity index (χ1) is 18.2. The molecule has 0 bridgehead atoms. The summed E-state index contributed by atoms with van der Waals surface area (Å²) in [6.07, 6.45) is 0. The van der Waals surface area contributed by atoms with Gasteiger partial charge in [-0.2, -0.15) is 0 Å². The van der Waals surface area contributed by atoms with Crippen molar-refractivity contribution in [1.29, 1.82) is 0 Å². The summed E-state index contributed by atoms with van der Waals surface area (Å²) in [7, 11) is -1.47. The number of rotatable bonds is 8. The molecule has 0 spiro atoms. The van der Waals surface area contributed by atoms with Gasteiger partial charge in [-0.3, -0.25) is 14.5 Å². The Morgan fingerprint density at radius 3 is 2.21 bits per heavy atom. The van der Waals surface area contributed by atoms with Crippen LogP contribution in [0.2, 0.25) is 35.7 Å². The summed E-state index contributed by atoms with van der Waals surface area (Å²) < 4.78 is 21.6. The van der Waals surface area contributed by atoms with Crippen molar-refractivity contribution in [3.8, 4) is 0 Å². The fraction of sp³-hybridized carbons (Fsp3) is 0.310. The van der Waals surface area contributed by atoms with Gasteiger partial charge < -0.3 is 9.84 Å². The second kappa shape index (κ2) is 11.3. The third-order valence-corrected chi connectivity index (χ3v) is 9.55. The van der Waals surface area contributed by atoms with Crippen molar-refractivity contribution in [2.24, 2.45) is 5.92 Å². The number of aliphatic hydroxyl groups is 1. The van der Waals surface area contributed by atoms with Crippen molar-refractivity contribution in [2.45, 2.75) is 44.4 Å². The normalized spacial score (nSPS) is 18.6. The molecule has 0 radical (unpaired) electrons. The van der Waals surface area contributed by atoms with E-state index in [9.17, 15) is 14.7 Å². The number of nitrogens with zero attached hydrogens (tertiary/aromatic N) is 1. The summed E-state index contributed by atoms with van der Waals surface area (Å²) in [6, 6.07) is 15.2. The monoisotopic (exact) mass is 651 g/mol. The minimum Gasteiger partial charge on any atom is -0.466 e. The summed E-state index contributed by atoms with van der Waals surface area (Å²) in [5.74, 6) is -2.86. The Balaban J connectivity index is 1.89. The lowest BCUT2D eigenvalue weighted by Gasteiger charge is -2.42. The molecule has 1 amide bonds. The number of halogens is 4. The number of amides is 1. The van der Waals surface area contributed by atoms with Gasteiger partial charge >= 0.3 is 5.97 Å². The molecule has 3 atom stereocenters. The van der Waals surface area contributed by atoms with Gasteiger partial charge in [-0.25, -0.2) is 4.39 Å². The number of carbonyl (C=O) groups excluding carboxylic acids is 2. The highest BCUT2D eigenvalue weighted by Crippen LogP contribution is 2.50. The third-order valence-electron chi connectivity index (χ3n) is 6.88. The van der Waals surface area contributed by atoms with E-state index in [4.69, 9.17) is 27.9 Å². The van der Waals surface area contributed by atoms with E-state index in [1.54, 1.807) is 43.3 Å². The van der Waals surface area contributed by atoms with Crippen LogP contribution in [0.15, 0.2) is 65.1 Å². The highest BCUT2D eigenvalue weighted by molar-refractivity contribution is 9.10. The number of carbonyl (C=O) groups is 2. The molecule has 1 N–H and O–H groups in total. The first-order valence-corrected chi connectivity index (χ1v) is 17.7. The van der Waals surface area contributed by atoms with Crippen LogP contribution in [-0.4, -0.2) is 36.6 Å². The maximum atomic E-state index is 15.6. The lowest BCUT2D eigenvalue weighted by Crippen LogP contribution is -2.50. The number of ether oxygens (including phenoxy) is 1. The zero-order chi connectivity index (χ0) is 28.7. The van der Waals surface area contributed by atoms with E-state index >= 15 is 4.39 Å². The Morgan fingerprint density at radius 1 is 1.08 bits per heavy atom. The molecule has 0 saturated carbocycles. The average Bonchev–Trinajstić information content (AvgIpc) is 3.07. The summed E-state index contributed by atoms with van der Waals surface area (Å²) in [6.45, 7) is 8.43. The van der Waals surface area contributed by atoms with Crippen LogP contribution in [0.25, 0.3) is 0 Å². The second-order valence-corrected chi connectivity index (χ2v) is 18.3. The molecular weight excluding hydrogens is 624 g/mol. The van der Waals surface area contributed by atoms with E-state index in [1.807, 2.05) is 0 Å². The lowest BCUT2D eigenvalue weighted by molar-refractivity contribution is -0.153. The van der Waals surface area contributed by atoms with Crippen molar-refractivity contribution in [3.05, 3.63) is 103 Å². The summed E-state index contributed by atoms with van der Waals surface area (Å²) in [5, 5.41) is 13.3. The first kappa shape index (κ1) is 29.7. The zero-order valence-corrected chi connectivity index (χ0v) is 26.1. The summed E-state index contributed by atoms with van der Waals surface area (Å²) in [4.78, 5) is 28.7. The maximum absolute atomic E-state index is 15.6. The molecule has 0 aliphatic carbocycles. The Kier molecular flexibility index (Phi) is 8.64. The van der Waals surface area contributed by atoms with Crippen LogP contribution in [0.4, 0.5) is 4.39 Å². The van der Waals surface area contributed by atoms with Crippen molar-refractivity contribution < 1.29 is 23.8 Å². The van der Waals surface area contributed by atoms with Crippen LogP contribution in [0.1, 0.15) is 40.0 Å². The van der Waals surface area contributed by atoms with E-state index in [2.05, 4.69) is 35.6 Å². The third kappa shape index (κ3) is 5.95. The van der Waals surface area contributed by atoms with Crippen molar-refractivity contribution in [1.82, 2.24) is 4.90 Å². The molecule has 10 heteroatoms. The molecule has 3 aromatic carbocycles. The van der Waals surface area contributed by atoms with Gasteiger partial charge in [0.05, 0.1) is 29.7 Å². The molecule has 0 fully saturated rings. The van der Waals surface area contributed by atoms with Crippen LogP contribution in [0.5, 0.6) is 0 Å². The van der Waals surface area contributed by atoms with Gasteiger partial charge in [0.2, 0.25) is 0 Å². The van der Waals surface area contributed by atoms with Crippen LogP contribution in [0, 0.1) is 11.7 Å². The Bertz CT molecular complexity index is 1400. The van der Waals surface area contributed by atoms with Crippen LogP contribution < -0.4 is 0 Å². The number of esters is 1. The van der Waals surface area contributed by atoms with Crippen LogP contribution >= 0.6 is 39.1 Å². The van der Waals surface area contributed by atoms with Gasteiger partial charge in [-0.05, 0) is 54.9 Å². The molecule has 0 aromatic heterocycles. The van der Waals surface area contributed by atoms with Crippen molar-refractivity contribution >= 4 is 59.1 Å². The molecule has 4 rings (SSSR count). The number of fused-ring (bicyclic) bond motifs is 1. The Morgan fingerprint density at radius 2 is 1.64 bits per heavy atom. The molecule has 206 valence electrons. The van der Waals surface area contributed by atoms with Crippen molar-refractivity contribution in [3.63, 3.8) is 0 Å². The minimum atomic E-state index is -2.25. The molecule has 1 unspecified atom stereocenters. The smallest absolute Gasteiger partial charge is 0.311 e. The molecule has 0 saturated heterocycles. The predicted octanol–water partition coefficient (Wildman–Crippen LogP) is 7.80. The van der Waals surface area contributed by atoms with Crippen molar-refractivity contribution in [2.75, 3.05) is 6.61 Å². The maximum Gasteiger partial charge on any atom is 0.311 e. The highest BCUT2D eigenvalue weighted by Gasteiger charge is 2.56. The van der Waals surface area contributed by atoms with Gasteiger partial charge in [0, 0.05) is 28.2 Å². The fourth-order valence-electron chi connectivity index (χ4n) is 4.83. The quantitative estimate of drug-likeness (QED) is 0.199. The number of hydrogen-bond acceptors (Lipinski definition) is 4. The summed E-state index contributed by atoms with van der Waals surface area (Å²) in [5.41, 5.74) is -1.71. The van der Waals surface area contributed by atoms with Gasteiger partial charge in [-0.15, -0.1) is 0 Å². The Labute approximate surface area is 247 Å². The zero-order valence-electron chi connectivity index (χ0n) is 22.0. The van der Waals surface area contributed by atoms with E-state index in [0.29, 0.717) is 20.1 Å². The van der Waals surface area contributed by atoms with Gasteiger partial charge in [0.25, 0.3) is 5.91 Å². The topological polar surface area (TPSA) is 66.8 Å². The second-order valence-electron chi connectivity index (χ2n) is 10.9. The Hall–Kier alpha value is -2.23. The van der Waals surface area contributed by atoms with Crippen LogP contribution in [0.3, 0.4) is 0 Å². The number of benzene rings is 3. The lowest BCUT2D eigenvalue weighted by atomic mass is 9.88. The average molecular weight is 653 g/mol. The molecule has 1 heterocycles. The first-order valence-electron chi connectivity index (χ1n) is 12.5. The SMILES string of the molecule is C[C@H](C(=O)OCC[Si](C)(C)C)[C@@H](c1ccc(Cl)cc1)N1C(=O)c2cc(Br)cc(F)c2C1(O)c1ccc(Cl)cc1. The highest BCUT2D eigenvalue weighted by atomic mass is 79.9. The molecule has 1 aliphatic rings. The standard InChI is InChI=1S/C29H29BrCl2FNO4Si/c1-17(28(36)38-13-14-39(2,3)4)26(18-5-9-21(31)10-6-18)34-27(35)23-15-20(30)16-24(33)25(23)29(34,37)19-7-11-22(32)12-8-19/h5-12,15-17,26,37H,13-14H2,1-4H3/t17-,26-,29?/m0/s1. The largest absolute Gasteiger partial charge is 0.466 e. The molecule has 5 nitrogen and oxygen atoms in total. The summed E-state index contributed by atoms with van der Waals surface area (Å²) >= 11 is 15.5. The van der Waals surface area contributed by atoms with E-state index < -0.39 is 43.5 Å². The van der Waals surface area contributed by atoms with E-state index in [0.717, 1.165) is 6.04 Å². The molecule has 1 aliphatic heterocycles.